The van der Waals surface area contributed by atoms with Gasteiger partial charge in [0.2, 0.25) is 0 Å². The number of nitrogens with one attached hydrogen (secondary N) is 1. The van der Waals surface area contributed by atoms with Gasteiger partial charge in [0, 0.05) is 19.1 Å². The van der Waals surface area contributed by atoms with Crippen molar-refractivity contribution in [3.63, 3.8) is 0 Å². The summed E-state index contributed by atoms with van der Waals surface area (Å²) in [7, 11) is 1.45. The zero-order chi connectivity index (χ0) is 21.3. The third-order valence-electron chi connectivity index (χ3n) is 8.00. The Morgan fingerprint density at radius 1 is 1.33 bits per heavy atom. The van der Waals surface area contributed by atoms with Gasteiger partial charge in [-0.3, -0.25) is 4.79 Å². The maximum Gasteiger partial charge on any atom is 0.305 e. The van der Waals surface area contributed by atoms with E-state index >= 15 is 0 Å². The zero-order valence-corrected chi connectivity index (χ0v) is 18.8. The molecule has 166 valence electrons. The summed E-state index contributed by atoms with van der Waals surface area (Å²) in [5, 5.41) is 12.7. The van der Waals surface area contributed by atoms with Gasteiger partial charge >= 0.3 is 5.97 Å². The molecule has 1 heterocycles. The monoisotopic (exact) mass is 414 g/mol. The molecule has 1 aliphatic heterocycles. The largest absolute Gasteiger partial charge is 0.469 e. The molecule has 4 rings (SSSR count). The first-order valence-electron chi connectivity index (χ1n) is 11.9. The van der Waals surface area contributed by atoms with E-state index in [0.29, 0.717) is 30.3 Å². The van der Waals surface area contributed by atoms with E-state index in [4.69, 9.17) is 4.74 Å². The molecular formula is C25H38N2O3. The summed E-state index contributed by atoms with van der Waals surface area (Å²) in [5.41, 5.74) is 7.75. The maximum absolute atomic E-state index is 11.6. The van der Waals surface area contributed by atoms with Crippen molar-refractivity contribution in [3.05, 3.63) is 29.3 Å². The van der Waals surface area contributed by atoms with Crippen molar-refractivity contribution in [2.24, 2.45) is 11.3 Å². The van der Waals surface area contributed by atoms with Crippen LogP contribution in [0.1, 0.15) is 94.7 Å². The van der Waals surface area contributed by atoms with Crippen LogP contribution in [0.4, 0.5) is 5.69 Å². The van der Waals surface area contributed by atoms with E-state index in [2.05, 4.69) is 42.5 Å². The quantitative estimate of drug-likeness (QED) is 0.625. The van der Waals surface area contributed by atoms with E-state index in [1.54, 1.807) is 0 Å². The highest BCUT2D eigenvalue weighted by Crippen LogP contribution is 2.54. The van der Waals surface area contributed by atoms with Crippen LogP contribution in [-0.2, 0) is 9.53 Å². The van der Waals surface area contributed by atoms with E-state index in [-0.39, 0.29) is 18.0 Å². The van der Waals surface area contributed by atoms with Crippen LogP contribution in [-0.4, -0.2) is 30.8 Å². The number of nitrogens with zero attached hydrogens (tertiary/aromatic N) is 1. The number of rotatable bonds is 7. The van der Waals surface area contributed by atoms with Gasteiger partial charge in [0.05, 0.1) is 18.8 Å². The Balaban J connectivity index is 1.58. The minimum atomic E-state index is -0.136. The van der Waals surface area contributed by atoms with Crippen molar-refractivity contribution in [2.75, 3.05) is 18.7 Å². The van der Waals surface area contributed by atoms with E-state index in [0.717, 1.165) is 25.7 Å². The number of carbonyl (C=O) groups is 1. The Bertz CT molecular complexity index is 761. The van der Waals surface area contributed by atoms with Crippen LogP contribution >= 0.6 is 0 Å². The molecule has 5 heteroatoms. The number of hydrogen-bond donors (Lipinski definition) is 2. The summed E-state index contributed by atoms with van der Waals surface area (Å²) >= 11 is 0. The number of fused-ring (bicyclic) bond motifs is 1. The van der Waals surface area contributed by atoms with Crippen LogP contribution in [0.25, 0.3) is 0 Å². The van der Waals surface area contributed by atoms with E-state index in [1.807, 2.05) is 0 Å². The normalized spacial score (nSPS) is 31.3. The molecular weight excluding hydrogens is 376 g/mol. The van der Waals surface area contributed by atoms with Crippen molar-refractivity contribution < 1.29 is 14.6 Å². The Morgan fingerprint density at radius 3 is 2.77 bits per heavy atom. The number of aliphatic hydroxyl groups is 1. The van der Waals surface area contributed by atoms with Gasteiger partial charge in [0.25, 0.3) is 0 Å². The maximum atomic E-state index is 11.6. The standard InChI is InChI=1S/C25H38N2O3/c1-4-22-20-11-10-18(14-23(20)27(26-22)19-7-5-6-8-19)21-13-17(9-12-24(29)30-3)15-25(21,2)16-28/h10-11,14,17,19,21-22,26,28H,4-9,12-13,15-16H2,1-3H3/t17?,21-,22?,25-/m0/s1. The molecule has 0 spiro atoms. The van der Waals surface area contributed by atoms with Gasteiger partial charge in [-0.05, 0) is 73.0 Å². The molecule has 4 atom stereocenters. The van der Waals surface area contributed by atoms with Gasteiger partial charge in [0.1, 0.15) is 0 Å². The van der Waals surface area contributed by atoms with Gasteiger partial charge in [0.15, 0.2) is 0 Å². The molecule has 0 saturated heterocycles. The van der Waals surface area contributed by atoms with E-state index in [9.17, 15) is 9.90 Å². The number of esters is 1. The summed E-state index contributed by atoms with van der Waals surface area (Å²) in [5.74, 6) is 0.638. The van der Waals surface area contributed by atoms with Crippen molar-refractivity contribution in [1.82, 2.24) is 5.43 Å². The Kier molecular flexibility index (Phi) is 6.40. The highest BCUT2D eigenvalue weighted by Gasteiger charge is 2.45. The van der Waals surface area contributed by atoms with Gasteiger partial charge in [-0.1, -0.05) is 38.8 Å². The lowest BCUT2D eigenvalue weighted by molar-refractivity contribution is -0.140. The molecule has 2 N–H and O–H groups in total. The number of hydrazine groups is 1. The molecule has 30 heavy (non-hydrogen) atoms. The topological polar surface area (TPSA) is 61.8 Å². The smallest absolute Gasteiger partial charge is 0.305 e. The molecule has 2 aliphatic carbocycles. The first-order valence-corrected chi connectivity index (χ1v) is 11.9. The summed E-state index contributed by atoms with van der Waals surface area (Å²) in [6.07, 6.45) is 9.56. The number of hydrogen-bond acceptors (Lipinski definition) is 5. The minimum Gasteiger partial charge on any atom is -0.469 e. The minimum absolute atomic E-state index is 0.134. The lowest BCUT2D eigenvalue weighted by atomic mass is 9.76. The second kappa shape index (κ2) is 8.88. The van der Waals surface area contributed by atoms with Crippen LogP contribution in [0.3, 0.4) is 0 Å². The molecule has 5 nitrogen and oxygen atoms in total. The second-order valence-corrected chi connectivity index (χ2v) is 10.0. The lowest BCUT2D eigenvalue weighted by Crippen LogP contribution is -2.41. The molecule has 3 aliphatic rings. The number of ether oxygens (including phenoxy) is 1. The summed E-state index contributed by atoms with van der Waals surface area (Å²) in [6, 6.07) is 8.01. The molecule has 2 unspecified atom stereocenters. The molecule has 0 aromatic heterocycles. The number of carbonyl (C=O) groups excluding carboxylic acids is 1. The van der Waals surface area contributed by atoms with Crippen LogP contribution < -0.4 is 10.4 Å². The Labute approximate surface area is 181 Å². The number of benzene rings is 1. The number of aliphatic hydroxyl groups excluding tert-OH is 1. The van der Waals surface area contributed by atoms with E-state index in [1.165, 1.54) is 49.6 Å². The summed E-state index contributed by atoms with van der Waals surface area (Å²) < 4.78 is 4.83. The van der Waals surface area contributed by atoms with Crippen LogP contribution in [0.2, 0.25) is 0 Å². The van der Waals surface area contributed by atoms with Gasteiger partial charge in [-0.25, -0.2) is 5.43 Å². The van der Waals surface area contributed by atoms with Crippen molar-refractivity contribution in [3.8, 4) is 0 Å². The van der Waals surface area contributed by atoms with Crippen molar-refractivity contribution >= 4 is 11.7 Å². The summed E-state index contributed by atoms with van der Waals surface area (Å²) in [6.45, 7) is 4.65. The molecule has 0 radical (unpaired) electrons. The first-order chi connectivity index (χ1) is 14.5. The predicted octanol–water partition coefficient (Wildman–Crippen LogP) is 4.85. The van der Waals surface area contributed by atoms with Gasteiger partial charge in [-0.2, -0.15) is 0 Å². The SMILES string of the molecule is CCC1NN(C2CCCC2)c2cc([C@@H]3CC(CCC(=O)OC)C[C@@]3(C)CO)ccc21. The average molecular weight is 415 g/mol. The predicted molar refractivity (Wildman–Crippen MR) is 119 cm³/mol. The van der Waals surface area contributed by atoms with Crippen LogP contribution in [0.15, 0.2) is 18.2 Å². The number of anilines is 1. The number of methoxy groups -OCH3 is 1. The lowest BCUT2D eigenvalue weighted by Gasteiger charge is -2.31. The van der Waals surface area contributed by atoms with Gasteiger partial charge < -0.3 is 14.9 Å². The van der Waals surface area contributed by atoms with Crippen LogP contribution in [0, 0.1) is 11.3 Å². The molecule has 1 aromatic rings. The summed E-state index contributed by atoms with van der Waals surface area (Å²) in [4.78, 5) is 11.6. The zero-order valence-electron chi connectivity index (χ0n) is 18.8. The fourth-order valence-corrected chi connectivity index (χ4v) is 6.22. The van der Waals surface area contributed by atoms with Gasteiger partial charge in [-0.15, -0.1) is 0 Å². The van der Waals surface area contributed by atoms with Crippen LogP contribution in [0.5, 0.6) is 0 Å². The Hall–Kier alpha value is -1.59. The third kappa shape index (κ3) is 3.99. The highest BCUT2D eigenvalue weighted by molar-refractivity contribution is 5.69. The molecule has 1 aromatic carbocycles. The van der Waals surface area contributed by atoms with Crippen molar-refractivity contribution in [2.45, 2.75) is 89.6 Å². The molecule has 2 fully saturated rings. The molecule has 2 saturated carbocycles. The van der Waals surface area contributed by atoms with Crippen molar-refractivity contribution in [1.29, 1.82) is 0 Å². The average Bonchev–Trinajstić information content (AvgIpc) is 3.48. The third-order valence-corrected chi connectivity index (χ3v) is 8.00. The second-order valence-electron chi connectivity index (χ2n) is 10.0. The fourth-order valence-electron chi connectivity index (χ4n) is 6.22. The fraction of sp³-hybridized carbons (Fsp3) is 0.720. The first kappa shape index (κ1) is 21.6. The highest BCUT2D eigenvalue weighted by atomic mass is 16.5. The van der Waals surface area contributed by atoms with E-state index < -0.39 is 0 Å². The molecule has 0 amide bonds. The molecule has 0 bridgehead atoms. The Morgan fingerprint density at radius 2 is 2.10 bits per heavy atom.